The molecule has 5 aromatic rings. The minimum absolute atomic E-state index is 0.0127. The summed E-state index contributed by atoms with van der Waals surface area (Å²) in [5, 5.41) is 3.89. The van der Waals surface area contributed by atoms with Crippen molar-refractivity contribution >= 4 is 43.5 Å². The van der Waals surface area contributed by atoms with Crippen LogP contribution in [0.3, 0.4) is 0 Å². The highest BCUT2D eigenvalue weighted by Crippen LogP contribution is 2.40. The third kappa shape index (κ3) is 3.48. The Bertz CT molecular complexity index is 1610. The van der Waals surface area contributed by atoms with Crippen molar-refractivity contribution in [1.82, 2.24) is 4.98 Å². The predicted molar refractivity (Wildman–Crippen MR) is 134 cm³/mol. The molecule has 3 aromatic carbocycles. The Balaban J connectivity index is 1.84. The van der Waals surface area contributed by atoms with E-state index in [2.05, 4.69) is 4.98 Å². The zero-order valence-electron chi connectivity index (χ0n) is 20.1. The molecule has 2 heterocycles. The number of methoxy groups -OCH3 is 2. The van der Waals surface area contributed by atoms with Crippen LogP contribution in [0.15, 0.2) is 45.6 Å². The van der Waals surface area contributed by atoms with Gasteiger partial charge in [-0.05, 0) is 51.3 Å². The largest absolute Gasteiger partial charge is 0.493 e. The van der Waals surface area contributed by atoms with Crippen molar-refractivity contribution in [2.45, 2.75) is 39.9 Å². The number of benzene rings is 3. The molecule has 0 atom stereocenters. The van der Waals surface area contributed by atoms with Crippen LogP contribution in [0.4, 0.5) is 0 Å². The molecular weight excluding hydrogens is 434 g/mol. The molecule has 2 aromatic heterocycles. The number of fused-ring (bicyclic) bond motifs is 7. The first kappa shape index (κ1) is 21.9. The van der Waals surface area contributed by atoms with Crippen LogP contribution >= 0.6 is 0 Å². The number of ether oxygens (including phenoxy) is 4. The quantitative estimate of drug-likeness (QED) is 0.304. The topological polar surface area (TPSA) is 82.9 Å². The third-order valence-corrected chi connectivity index (χ3v) is 5.74. The van der Waals surface area contributed by atoms with Gasteiger partial charge in [-0.15, -0.1) is 0 Å². The maximum absolute atomic E-state index is 13.1. The van der Waals surface area contributed by atoms with Gasteiger partial charge in [0.15, 0.2) is 23.0 Å². The normalized spacial score (nSPS) is 11.9. The standard InChI is InChI=1S/C27H27NO6/c1-13(2)32-22-9-15-7-8-16-24-26(28-25(16)17(15)10-20(22)30-5)18-11-21(31-6)23(33-14(3)4)12-19(18)34-27(24)29/h7-14,28H,1-6H3. The van der Waals surface area contributed by atoms with Crippen LogP contribution in [-0.2, 0) is 0 Å². The number of hydrogen-bond donors (Lipinski definition) is 1. The van der Waals surface area contributed by atoms with Crippen LogP contribution in [0.25, 0.3) is 43.5 Å². The highest BCUT2D eigenvalue weighted by atomic mass is 16.5. The van der Waals surface area contributed by atoms with E-state index in [1.54, 1.807) is 20.3 Å². The first-order chi connectivity index (χ1) is 16.3. The summed E-state index contributed by atoms with van der Waals surface area (Å²) in [6.07, 6.45) is -0.0421. The summed E-state index contributed by atoms with van der Waals surface area (Å²) in [4.78, 5) is 16.6. The fraction of sp³-hybridized carbons (Fsp3) is 0.296. The lowest BCUT2D eigenvalue weighted by Crippen LogP contribution is -2.07. The van der Waals surface area contributed by atoms with Gasteiger partial charge in [-0.3, -0.25) is 0 Å². The smallest absolute Gasteiger partial charge is 0.346 e. The molecule has 0 aliphatic carbocycles. The summed E-state index contributed by atoms with van der Waals surface area (Å²) in [6.45, 7) is 7.80. The molecule has 0 bridgehead atoms. The molecule has 0 aliphatic rings. The number of aromatic nitrogens is 1. The van der Waals surface area contributed by atoms with E-state index in [9.17, 15) is 4.79 Å². The Hall–Kier alpha value is -3.87. The number of H-pyrrole nitrogens is 1. The fourth-order valence-corrected chi connectivity index (χ4v) is 4.39. The van der Waals surface area contributed by atoms with Crippen molar-refractivity contribution in [3.63, 3.8) is 0 Å². The van der Waals surface area contributed by atoms with Gasteiger partial charge in [0, 0.05) is 22.2 Å². The average Bonchev–Trinajstić information content (AvgIpc) is 3.18. The maximum Gasteiger partial charge on any atom is 0.346 e. The van der Waals surface area contributed by atoms with Crippen molar-refractivity contribution in [3.8, 4) is 23.0 Å². The van der Waals surface area contributed by atoms with Crippen LogP contribution in [0.1, 0.15) is 27.7 Å². The molecule has 7 nitrogen and oxygen atoms in total. The molecule has 0 fully saturated rings. The van der Waals surface area contributed by atoms with Gasteiger partial charge in [-0.25, -0.2) is 4.79 Å². The zero-order valence-corrected chi connectivity index (χ0v) is 20.1. The first-order valence-electron chi connectivity index (χ1n) is 11.2. The van der Waals surface area contributed by atoms with Crippen LogP contribution < -0.4 is 24.6 Å². The molecule has 1 N–H and O–H groups in total. The summed E-state index contributed by atoms with van der Waals surface area (Å²) in [5.41, 5.74) is 1.52. The highest BCUT2D eigenvalue weighted by Gasteiger charge is 2.19. The molecule has 7 heteroatoms. The van der Waals surface area contributed by atoms with Crippen molar-refractivity contribution < 1.29 is 23.4 Å². The van der Waals surface area contributed by atoms with Crippen LogP contribution in [0, 0.1) is 0 Å². The monoisotopic (exact) mass is 461 g/mol. The summed E-state index contributed by atoms with van der Waals surface area (Å²) in [7, 11) is 3.21. The SMILES string of the molecule is COc1cc2c(ccc3c2[nH]c2c4cc(OC)c(OC(C)C)cc4oc(=O)c32)cc1OC(C)C. The van der Waals surface area contributed by atoms with Gasteiger partial charge < -0.3 is 28.3 Å². The third-order valence-electron chi connectivity index (χ3n) is 5.74. The maximum atomic E-state index is 13.1. The average molecular weight is 462 g/mol. The second kappa shape index (κ2) is 8.17. The number of nitrogens with one attached hydrogen (secondary N) is 1. The predicted octanol–water partition coefficient (Wildman–Crippen LogP) is 6.17. The lowest BCUT2D eigenvalue weighted by molar-refractivity contribution is 0.230. The van der Waals surface area contributed by atoms with Crippen molar-refractivity contribution in [3.05, 3.63) is 46.8 Å². The van der Waals surface area contributed by atoms with Gasteiger partial charge in [-0.1, -0.05) is 12.1 Å². The molecule has 34 heavy (non-hydrogen) atoms. The van der Waals surface area contributed by atoms with Crippen LogP contribution in [0.2, 0.25) is 0 Å². The van der Waals surface area contributed by atoms with E-state index in [-0.39, 0.29) is 12.2 Å². The summed E-state index contributed by atoms with van der Waals surface area (Å²) >= 11 is 0. The van der Waals surface area contributed by atoms with E-state index in [0.29, 0.717) is 39.5 Å². The van der Waals surface area contributed by atoms with E-state index < -0.39 is 5.63 Å². The second-order valence-electron chi connectivity index (χ2n) is 8.81. The van der Waals surface area contributed by atoms with Gasteiger partial charge in [0.25, 0.3) is 0 Å². The minimum Gasteiger partial charge on any atom is -0.493 e. The minimum atomic E-state index is -0.416. The molecule has 0 amide bonds. The molecule has 0 aliphatic heterocycles. The van der Waals surface area contributed by atoms with Crippen LogP contribution in [-0.4, -0.2) is 31.4 Å². The molecule has 0 saturated carbocycles. The molecule has 0 unspecified atom stereocenters. The highest BCUT2D eigenvalue weighted by molar-refractivity contribution is 6.21. The van der Waals surface area contributed by atoms with Crippen molar-refractivity contribution in [2.24, 2.45) is 0 Å². The summed E-state index contributed by atoms with van der Waals surface area (Å²) in [5.74, 6) is 2.39. The summed E-state index contributed by atoms with van der Waals surface area (Å²) in [6, 6.07) is 11.3. The molecule has 0 saturated heterocycles. The Morgan fingerprint density at radius 1 is 0.735 bits per heavy atom. The van der Waals surface area contributed by atoms with E-state index in [1.165, 1.54) is 0 Å². The molecule has 176 valence electrons. The Labute approximate surface area is 196 Å². The van der Waals surface area contributed by atoms with Crippen molar-refractivity contribution in [1.29, 1.82) is 0 Å². The Morgan fingerprint density at radius 2 is 1.35 bits per heavy atom. The number of hydrogen-bond acceptors (Lipinski definition) is 6. The van der Waals surface area contributed by atoms with E-state index in [0.717, 1.165) is 27.1 Å². The molecule has 0 radical (unpaired) electrons. The molecule has 0 spiro atoms. The Kier molecular flexibility index (Phi) is 5.27. The Morgan fingerprint density at radius 3 is 1.97 bits per heavy atom. The van der Waals surface area contributed by atoms with Crippen molar-refractivity contribution in [2.75, 3.05) is 14.2 Å². The van der Waals surface area contributed by atoms with Crippen LogP contribution in [0.5, 0.6) is 23.0 Å². The summed E-state index contributed by atoms with van der Waals surface area (Å²) < 4.78 is 28.7. The van der Waals surface area contributed by atoms with E-state index >= 15 is 0 Å². The second-order valence-corrected chi connectivity index (χ2v) is 8.81. The van der Waals surface area contributed by atoms with E-state index in [1.807, 2.05) is 58.0 Å². The number of rotatable bonds is 6. The lowest BCUT2D eigenvalue weighted by Gasteiger charge is -2.14. The lowest BCUT2D eigenvalue weighted by atomic mass is 10.0. The van der Waals surface area contributed by atoms with Gasteiger partial charge in [0.1, 0.15) is 5.58 Å². The molecular formula is C27H27NO6. The van der Waals surface area contributed by atoms with Gasteiger partial charge in [-0.2, -0.15) is 0 Å². The zero-order chi connectivity index (χ0) is 24.1. The fourth-order valence-electron chi connectivity index (χ4n) is 4.39. The van der Waals surface area contributed by atoms with Gasteiger partial charge >= 0.3 is 5.63 Å². The molecule has 5 rings (SSSR count). The van der Waals surface area contributed by atoms with Gasteiger partial charge in [0.05, 0.1) is 42.8 Å². The van der Waals surface area contributed by atoms with Gasteiger partial charge in [0.2, 0.25) is 0 Å². The number of aromatic amines is 1. The first-order valence-corrected chi connectivity index (χ1v) is 11.2. The van der Waals surface area contributed by atoms with E-state index in [4.69, 9.17) is 23.4 Å².